The summed E-state index contributed by atoms with van der Waals surface area (Å²) in [6.45, 7) is 9.18. The first-order valence-corrected chi connectivity index (χ1v) is 11.6. The second-order valence-electron chi connectivity index (χ2n) is 10.1. The summed E-state index contributed by atoms with van der Waals surface area (Å²) in [5.74, 6) is 1.51. The van der Waals surface area contributed by atoms with Crippen molar-refractivity contribution in [1.82, 2.24) is 0 Å². The van der Waals surface area contributed by atoms with E-state index < -0.39 is 5.79 Å². The average Bonchev–Trinajstić information content (AvgIpc) is 3.24. The molecule has 4 aliphatic rings. The number of carbonyl (C=O) groups is 2. The summed E-state index contributed by atoms with van der Waals surface area (Å²) in [6, 6.07) is 0. The fourth-order valence-electron chi connectivity index (χ4n) is 7.01. The fourth-order valence-corrected chi connectivity index (χ4v) is 7.01. The van der Waals surface area contributed by atoms with Crippen LogP contribution in [0.25, 0.3) is 0 Å². The van der Waals surface area contributed by atoms with Crippen LogP contribution in [0.1, 0.15) is 72.6 Å². The highest BCUT2D eigenvalue weighted by atomic mass is 16.7. The normalized spacial score (nSPS) is 42.3. The Bertz CT molecular complexity index is 760. The number of allylic oxidation sites excluding steroid dienone is 4. The van der Waals surface area contributed by atoms with Crippen molar-refractivity contribution in [2.24, 2.45) is 29.1 Å². The summed E-state index contributed by atoms with van der Waals surface area (Å²) in [7, 11) is 0. The van der Waals surface area contributed by atoms with Crippen molar-refractivity contribution in [3.05, 3.63) is 23.5 Å². The van der Waals surface area contributed by atoms with Gasteiger partial charge in [-0.1, -0.05) is 18.6 Å². The second-order valence-corrected chi connectivity index (χ2v) is 10.1. The average molecular weight is 417 g/mol. The maximum Gasteiger partial charge on any atom is 0.307 e. The molecule has 0 amide bonds. The highest BCUT2D eigenvalue weighted by Crippen LogP contribution is 2.62. The van der Waals surface area contributed by atoms with Gasteiger partial charge in [-0.2, -0.15) is 0 Å². The third kappa shape index (κ3) is 3.91. The van der Waals surface area contributed by atoms with E-state index in [1.807, 2.05) is 6.08 Å². The molecule has 4 rings (SSSR count). The summed E-state index contributed by atoms with van der Waals surface area (Å²) in [6.07, 6.45) is 10.4. The Morgan fingerprint density at radius 2 is 1.90 bits per heavy atom. The highest BCUT2D eigenvalue weighted by Gasteiger charge is 2.61. The lowest BCUT2D eigenvalue weighted by atomic mass is 9.55. The largest absolute Gasteiger partial charge is 0.431 e. The van der Waals surface area contributed by atoms with Crippen molar-refractivity contribution in [3.63, 3.8) is 0 Å². The number of rotatable bonds is 2. The van der Waals surface area contributed by atoms with Crippen molar-refractivity contribution in [2.45, 2.75) is 78.4 Å². The van der Waals surface area contributed by atoms with Crippen LogP contribution in [0.5, 0.6) is 0 Å². The first-order chi connectivity index (χ1) is 14.2. The first kappa shape index (κ1) is 21.8. The van der Waals surface area contributed by atoms with Crippen LogP contribution in [0.4, 0.5) is 0 Å². The van der Waals surface area contributed by atoms with Gasteiger partial charge < -0.3 is 14.2 Å². The van der Waals surface area contributed by atoms with Crippen LogP contribution in [0.3, 0.4) is 0 Å². The van der Waals surface area contributed by atoms with E-state index in [0.29, 0.717) is 49.4 Å². The maximum absolute atomic E-state index is 13.4. The smallest absolute Gasteiger partial charge is 0.307 e. The van der Waals surface area contributed by atoms with Gasteiger partial charge in [0, 0.05) is 31.6 Å². The number of ketones is 1. The van der Waals surface area contributed by atoms with Gasteiger partial charge in [0.25, 0.3) is 0 Å². The van der Waals surface area contributed by atoms with Crippen LogP contribution >= 0.6 is 0 Å². The minimum absolute atomic E-state index is 0.0675. The Kier molecular flexibility index (Phi) is 5.97. The highest BCUT2D eigenvalue weighted by molar-refractivity contribution is 5.83. The molecule has 0 bridgehead atoms. The Morgan fingerprint density at radius 3 is 2.60 bits per heavy atom. The third-order valence-corrected chi connectivity index (χ3v) is 8.22. The molecule has 0 radical (unpaired) electrons. The molecule has 0 aromatic heterocycles. The van der Waals surface area contributed by atoms with Crippen LogP contribution in [0, 0.1) is 29.1 Å². The third-order valence-electron chi connectivity index (χ3n) is 8.22. The number of hydrogen-bond donors (Lipinski definition) is 0. The molecule has 1 aliphatic heterocycles. The predicted octanol–water partition coefficient (Wildman–Crippen LogP) is 4.95. The molecule has 3 aliphatic carbocycles. The summed E-state index contributed by atoms with van der Waals surface area (Å²) in [5, 5.41) is 0. The zero-order valence-corrected chi connectivity index (χ0v) is 18.9. The Labute approximate surface area is 180 Å². The summed E-state index contributed by atoms with van der Waals surface area (Å²) >= 11 is 0. The molecule has 0 aromatic carbocycles. The van der Waals surface area contributed by atoms with Gasteiger partial charge in [-0.15, -0.1) is 0 Å². The molecule has 1 saturated heterocycles. The van der Waals surface area contributed by atoms with Crippen molar-refractivity contribution in [1.29, 1.82) is 0 Å². The monoisotopic (exact) mass is 416 g/mol. The molecule has 5 nitrogen and oxygen atoms in total. The van der Waals surface area contributed by atoms with E-state index in [1.54, 1.807) is 0 Å². The van der Waals surface area contributed by atoms with Crippen LogP contribution in [0.15, 0.2) is 23.5 Å². The van der Waals surface area contributed by atoms with Crippen molar-refractivity contribution < 1.29 is 23.8 Å². The van der Waals surface area contributed by atoms with Crippen LogP contribution in [-0.4, -0.2) is 30.8 Å². The molecule has 166 valence electrons. The van der Waals surface area contributed by atoms with Crippen molar-refractivity contribution in [3.8, 4) is 0 Å². The summed E-state index contributed by atoms with van der Waals surface area (Å²) in [4.78, 5) is 24.9. The van der Waals surface area contributed by atoms with Gasteiger partial charge in [0.15, 0.2) is 5.79 Å². The van der Waals surface area contributed by atoms with Crippen molar-refractivity contribution >= 4 is 11.8 Å². The Hall–Kier alpha value is -1.46. The zero-order chi connectivity index (χ0) is 21.5. The molecule has 1 heterocycles. The van der Waals surface area contributed by atoms with E-state index in [-0.39, 0.29) is 23.2 Å². The van der Waals surface area contributed by atoms with Gasteiger partial charge in [-0.25, -0.2) is 0 Å². The minimum Gasteiger partial charge on any atom is -0.431 e. The predicted molar refractivity (Wildman–Crippen MR) is 113 cm³/mol. The van der Waals surface area contributed by atoms with E-state index >= 15 is 0 Å². The standard InChI is InChI=1S/C25H36O5/c1-16-8-9-19-20(7-5-6-18(14-16)30-17(2)26)22(27)15-24(3)21(19)10-11-23(24)25(4)28-12-13-29-25/h8,14,19-21,23H,5-7,9-13,15H2,1-4H3/b16-8+,18-14+/t19?,20?,21?,23-,24-/m0/s1. The van der Waals surface area contributed by atoms with E-state index in [0.717, 1.165) is 37.7 Å². The van der Waals surface area contributed by atoms with Gasteiger partial charge in [0.2, 0.25) is 0 Å². The SMILES string of the molecule is CC(=O)O/C1=C/C(C)=C/CC2C(CCC1)C(=O)C[C@@]1(C)C2CC[C@@H]1C1(C)OCCO1. The van der Waals surface area contributed by atoms with Crippen molar-refractivity contribution in [2.75, 3.05) is 13.2 Å². The molecular formula is C25H36O5. The van der Waals surface area contributed by atoms with Gasteiger partial charge in [0.05, 0.1) is 13.2 Å². The molecule has 3 unspecified atom stereocenters. The molecule has 2 saturated carbocycles. The van der Waals surface area contributed by atoms with Crippen LogP contribution in [-0.2, 0) is 23.8 Å². The number of hydrogen-bond acceptors (Lipinski definition) is 5. The van der Waals surface area contributed by atoms with E-state index in [4.69, 9.17) is 14.2 Å². The molecule has 0 spiro atoms. The molecule has 5 atom stereocenters. The number of fused-ring (bicyclic) bond motifs is 3. The lowest BCUT2D eigenvalue weighted by Crippen LogP contribution is -2.51. The second kappa shape index (κ2) is 8.23. The van der Waals surface area contributed by atoms with Crippen LogP contribution in [0.2, 0.25) is 0 Å². The first-order valence-electron chi connectivity index (χ1n) is 11.6. The topological polar surface area (TPSA) is 61.8 Å². The molecule has 0 N–H and O–H groups in total. The maximum atomic E-state index is 13.4. The Morgan fingerprint density at radius 1 is 1.17 bits per heavy atom. The van der Waals surface area contributed by atoms with Gasteiger partial charge in [-0.3, -0.25) is 9.59 Å². The van der Waals surface area contributed by atoms with Gasteiger partial charge in [-0.05, 0) is 69.3 Å². The fraction of sp³-hybridized carbons (Fsp3) is 0.760. The quantitative estimate of drug-likeness (QED) is 0.596. The summed E-state index contributed by atoms with van der Waals surface area (Å²) in [5.41, 5.74) is 1.04. The zero-order valence-electron chi connectivity index (χ0n) is 18.9. The Balaban J connectivity index is 1.61. The lowest BCUT2D eigenvalue weighted by Gasteiger charge is -2.50. The van der Waals surface area contributed by atoms with Crippen LogP contribution < -0.4 is 0 Å². The molecule has 3 fully saturated rings. The van der Waals surface area contributed by atoms with Gasteiger partial charge in [0.1, 0.15) is 11.5 Å². The number of carbonyl (C=O) groups excluding carboxylic acids is 2. The molecular weight excluding hydrogens is 380 g/mol. The molecule has 5 heteroatoms. The van der Waals surface area contributed by atoms with E-state index in [9.17, 15) is 9.59 Å². The molecule has 30 heavy (non-hydrogen) atoms. The lowest BCUT2D eigenvalue weighted by molar-refractivity contribution is -0.211. The van der Waals surface area contributed by atoms with E-state index in [2.05, 4.69) is 26.8 Å². The number of Topliss-reactive ketones (excluding diaryl/α,β-unsaturated/α-hetero) is 1. The van der Waals surface area contributed by atoms with E-state index in [1.165, 1.54) is 6.92 Å². The summed E-state index contributed by atoms with van der Waals surface area (Å²) < 4.78 is 17.5. The number of ether oxygens (including phenoxy) is 3. The minimum atomic E-state index is -0.556. The van der Waals surface area contributed by atoms with Gasteiger partial charge >= 0.3 is 5.97 Å². The molecule has 0 aromatic rings. The number of esters is 1.